The van der Waals surface area contributed by atoms with Crippen LogP contribution in [0.1, 0.15) is 15.9 Å². The number of nitrogens with one attached hydrogen (secondary N) is 2. The lowest BCUT2D eigenvalue weighted by Crippen LogP contribution is -2.12. The summed E-state index contributed by atoms with van der Waals surface area (Å²) in [5.41, 5.74) is 2.65. The number of anilines is 1. The first-order valence-electron chi connectivity index (χ1n) is 6.25. The average molecular weight is 340 g/mol. The Hall–Kier alpha value is -2.58. The van der Waals surface area contributed by atoms with Gasteiger partial charge in [-0.2, -0.15) is 5.26 Å². The normalized spacial score (nSPS) is 10.3. The number of amides is 1. The first-order chi connectivity index (χ1) is 10.2. The molecule has 102 valence electrons. The topological polar surface area (TPSA) is 68.7 Å². The molecule has 3 rings (SSSR count). The minimum Gasteiger partial charge on any atom is -0.361 e. The molecule has 4 nitrogen and oxygen atoms in total. The number of carbonyl (C=O) groups is 1. The fraction of sp³-hybridized carbons (Fsp3) is 0. The number of hydrogen-bond acceptors (Lipinski definition) is 2. The van der Waals surface area contributed by atoms with E-state index in [1.54, 1.807) is 24.3 Å². The second-order valence-corrected chi connectivity index (χ2v) is 5.39. The summed E-state index contributed by atoms with van der Waals surface area (Å²) < 4.78 is 0.677. The van der Waals surface area contributed by atoms with Crippen molar-refractivity contribution >= 4 is 38.4 Å². The van der Waals surface area contributed by atoms with Gasteiger partial charge >= 0.3 is 0 Å². The van der Waals surface area contributed by atoms with Gasteiger partial charge in [0.05, 0.1) is 17.3 Å². The van der Waals surface area contributed by atoms with Crippen LogP contribution in [0.3, 0.4) is 0 Å². The Bertz CT molecular complexity index is 877. The highest BCUT2D eigenvalue weighted by Gasteiger charge is 2.09. The van der Waals surface area contributed by atoms with E-state index in [4.69, 9.17) is 5.26 Å². The van der Waals surface area contributed by atoms with Crippen LogP contribution in [-0.4, -0.2) is 10.9 Å². The molecule has 0 aliphatic rings. The van der Waals surface area contributed by atoms with E-state index in [1.807, 2.05) is 24.4 Å². The fourth-order valence-electron chi connectivity index (χ4n) is 2.07. The van der Waals surface area contributed by atoms with Crippen molar-refractivity contribution < 1.29 is 4.79 Å². The zero-order valence-electron chi connectivity index (χ0n) is 10.9. The highest BCUT2D eigenvalue weighted by atomic mass is 79.9. The highest BCUT2D eigenvalue weighted by Crippen LogP contribution is 2.24. The molecule has 0 saturated heterocycles. The summed E-state index contributed by atoms with van der Waals surface area (Å²) in [6.07, 6.45) is 1.84. The third kappa shape index (κ3) is 2.67. The standard InChI is InChI=1S/C16H10BrN3O/c17-13-7-10(9-18)1-4-14(13)20-16(21)12-3-2-11-5-6-19-15(11)8-12/h1-8,19H,(H,20,21). The zero-order valence-corrected chi connectivity index (χ0v) is 12.4. The Labute approximate surface area is 129 Å². The number of nitrogens with zero attached hydrogens (tertiary/aromatic N) is 1. The van der Waals surface area contributed by atoms with E-state index in [2.05, 4.69) is 32.3 Å². The quantitative estimate of drug-likeness (QED) is 0.739. The van der Waals surface area contributed by atoms with Gasteiger partial charge in [0.2, 0.25) is 0 Å². The molecule has 1 heterocycles. The Morgan fingerprint density at radius 2 is 2.05 bits per heavy atom. The van der Waals surface area contributed by atoms with Crippen LogP contribution in [0.2, 0.25) is 0 Å². The molecule has 0 aliphatic heterocycles. The second-order valence-electron chi connectivity index (χ2n) is 4.54. The van der Waals surface area contributed by atoms with Crippen molar-refractivity contribution in [3.8, 4) is 6.07 Å². The van der Waals surface area contributed by atoms with Crippen molar-refractivity contribution in [3.05, 3.63) is 64.3 Å². The number of aromatic amines is 1. The number of nitriles is 1. The van der Waals surface area contributed by atoms with Crippen molar-refractivity contribution in [2.75, 3.05) is 5.32 Å². The summed E-state index contributed by atoms with van der Waals surface area (Å²) >= 11 is 3.35. The molecule has 0 saturated carbocycles. The van der Waals surface area contributed by atoms with Crippen LogP contribution >= 0.6 is 15.9 Å². The summed E-state index contributed by atoms with van der Waals surface area (Å²) in [5, 5.41) is 12.7. The third-order valence-corrected chi connectivity index (χ3v) is 3.82. The van der Waals surface area contributed by atoms with Gasteiger partial charge in [0.25, 0.3) is 5.91 Å². The van der Waals surface area contributed by atoms with E-state index in [0.29, 0.717) is 21.3 Å². The SMILES string of the molecule is N#Cc1ccc(NC(=O)c2ccc3cc[nH]c3c2)c(Br)c1. The number of H-pyrrole nitrogens is 1. The molecule has 21 heavy (non-hydrogen) atoms. The number of aromatic nitrogens is 1. The van der Waals surface area contributed by atoms with E-state index in [9.17, 15) is 4.79 Å². The van der Waals surface area contributed by atoms with Gasteiger partial charge in [-0.1, -0.05) is 6.07 Å². The van der Waals surface area contributed by atoms with Gasteiger partial charge in [-0.15, -0.1) is 0 Å². The maximum atomic E-state index is 12.3. The molecule has 0 fully saturated rings. The lowest BCUT2D eigenvalue weighted by atomic mass is 10.1. The summed E-state index contributed by atoms with van der Waals surface area (Å²) in [4.78, 5) is 15.4. The second kappa shape index (κ2) is 5.43. The van der Waals surface area contributed by atoms with Crippen molar-refractivity contribution in [1.29, 1.82) is 5.26 Å². The summed E-state index contributed by atoms with van der Waals surface area (Å²) in [7, 11) is 0. The molecular weight excluding hydrogens is 330 g/mol. The van der Waals surface area contributed by atoms with Crippen LogP contribution in [0.4, 0.5) is 5.69 Å². The van der Waals surface area contributed by atoms with Crippen LogP contribution in [0.25, 0.3) is 10.9 Å². The van der Waals surface area contributed by atoms with E-state index in [0.717, 1.165) is 10.9 Å². The van der Waals surface area contributed by atoms with E-state index >= 15 is 0 Å². The number of hydrogen-bond donors (Lipinski definition) is 2. The Morgan fingerprint density at radius 3 is 2.81 bits per heavy atom. The molecule has 0 bridgehead atoms. The summed E-state index contributed by atoms with van der Waals surface area (Å²) in [5.74, 6) is -0.197. The molecule has 5 heteroatoms. The van der Waals surface area contributed by atoms with E-state index in [1.165, 1.54) is 0 Å². The predicted octanol–water partition coefficient (Wildman–Crippen LogP) is 4.05. The van der Waals surface area contributed by atoms with Gasteiger partial charge in [-0.05, 0) is 57.7 Å². The average Bonchev–Trinajstić information content (AvgIpc) is 2.96. The highest BCUT2D eigenvalue weighted by molar-refractivity contribution is 9.10. The molecule has 2 aromatic carbocycles. The lowest BCUT2D eigenvalue weighted by Gasteiger charge is -2.08. The molecule has 1 amide bonds. The van der Waals surface area contributed by atoms with E-state index < -0.39 is 0 Å². The molecule has 0 atom stereocenters. The minimum atomic E-state index is -0.197. The van der Waals surface area contributed by atoms with Gasteiger partial charge < -0.3 is 10.3 Å². The largest absolute Gasteiger partial charge is 0.361 e. The van der Waals surface area contributed by atoms with E-state index in [-0.39, 0.29) is 5.91 Å². The lowest BCUT2D eigenvalue weighted by molar-refractivity contribution is 0.102. The fourth-order valence-corrected chi connectivity index (χ4v) is 2.55. The van der Waals surface area contributed by atoms with Crippen LogP contribution in [0.15, 0.2) is 53.1 Å². The maximum Gasteiger partial charge on any atom is 0.255 e. The molecule has 0 aliphatic carbocycles. The summed E-state index contributed by atoms with van der Waals surface area (Å²) in [6, 6.07) is 14.5. The van der Waals surface area contributed by atoms with Crippen molar-refractivity contribution in [1.82, 2.24) is 4.98 Å². The van der Waals surface area contributed by atoms with Crippen molar-refractivity contribution in [2.45, 2.75) is 0 Å². The molecule has 0 unspecified atom stereocenters. The molecule has 3 aromatic rings. The molecule has 0 spiro atoms. The van der Waals surface area contributed by atoms with Gasteiger partial charge in [0, 0.05) is 21.7 Å². The number of carbonyl (C=O) groups excluding carboxylic acids is 1. The third-order valence-electron chi connectivity index (χ3n) is 3.16. The van der Waals surface area contributed by atoms with Crippen molar-refractivity contribution in [3.63, 3.8) is 0 Å². The minimum absolute atomic E-state index is 0.197. The molecule has 1 aromatic heterocycles. The van der Waals surface area contributed by atoms with Gasteiger partial charge in [-0.3, -0.25) is 4.79 Å². The smallest absolute Gasteiger partial charge is 0.255 e. The Balaban J connectivity index is 1.87. The maximum absolute atomic E-state index is 12.3. The van der Waals surface area contributed by atoms with Crippen LogP contribution in [-0.2, 0) is 0 Å². The van der Waals surface area contributed by atoms with Crippen LogP contribution in [0, 0.1) is 11.3 Å². The van der Waals surface area contributed by atoms with Crippen molar-refractivity contribution in [2.24, 2.45) is 0 Å². The van der Waals surface area contributed by atoms with Gasteiger partial charge in [0.15, 0.2) is 0 Å². The zero-order chi connectivity index (χ0) is 14.8. The molecule has 0 radical (unpaired) electrons. The van der Waals surface area contributed by atoms with Crippen LogP contribution < -0.4 is 5.32 Å². The number of benzene rings is 2. The Morgan fingerprint density at radius 1 is 1.19 bits per heavy atom. The first kappa shape index (κ1) is 13.4. The van der Waals surface area contributed by atoms with Gasteiger partial charge in [0.1, 0.15) is 0 Å². The first-order valence-corrected chi connectivity index (χ1v) is 7.05. The van der Waals surface area contributed by atoms with Gasteiger partial charge in [-0.25, -0.2) is 0 Å². The monoisotopic (exact) mass is 339 g/mol. The predicted molar refractivity (Wildman–Crippen MR) is 85.1 cm³/mol. The molecule has 2 N–H and O–H groups in total. The molecular formula is C16H10BrN3O. The summed E-state index contributed by atoms with van der Waals surface area (Å²) in [6.45, 7) is 0. The van der Waals surface area contributed by atoms with Crippen LogP contribution in [0.5, 0.6) is 0 Å². The Kier molecular flexibility index (Phi) is 3.46. The number of fused-ring (bicyclic) bond motifs is 1. The number of rotatable bonds is 2. The number of halogens is 1.